The van der Waals surface area contributed by atoms with Gasteiger partial charge in [0.25, 0.3) is 0 Å². The van der Waals surface area contributed by atoms with Crippen LogP contribution in [0.4, 0.5) is 0 Å². The first-order valence-corrected chi connectivity index (χ1v) is 12.0. The molecule has 23 heavy (non-hydrogen) atoms. The van der Waals surface area contributed by atoms with Gasteiger partial charge in [0, 0.05) is 5.16 Å². The standard InChI is InChI=1S/C22H41P/c1-5-7-9-11-15-19-23(20-16-12-10-8-6-2)22(4)18-14-13-17-21(22)3/h13-14,17-18,21H,5-12,15-16,19-20H2,1-4H3. The fraction of sp³-hybridized carbons (Fsp3) is 0.818. The van der Waals surface area contributed by atoms with Gasteiger partial charge in [0.1, 0.15) is 0 Å². The van der Waals surface area contributed by atoms with E-state index in [1.165, 1.54) is 76.5 Å². The minimum Gasteiger partial charge on any atom is -0.0961 e. The number of hydrogen-bond donors (Lipinski definition) is 0. The van der Waals surface area contributed by atoms with Crippen LogP contribution in [0.3, 0.4) is 0 Å². The van der Waals surface area contributed by atoms with Crippen LogP contribution < -0.4 is 0 Å². The molecule has 1 rings (SSSR count). The molecule has 0 heterocycles. The first kappa shape index (κ1) is 21.0. The summed E-state index contributed by atoms with van der Waals surface area (Å²) in [7, 11) is 0.120. The number of hydrogen-bond acceptors (Lipinski definition) is 0. The monoisotopic (exact) mass is 336 g/mol. The van der Waals surface area contributed by atoms with E-state index in [9.17, 15) is 0 Å². The molecule has 0 nitrogen and oxygen atoms in total. The Hall–Kier alpha value is -0.0900. The van der Waals surface area contributed by atoms with Crippen molar-refractivity contribution in [2.75, 3.05) is 12.3 Å². The zero-order valence-electron chi connectivity index (χ0n) is 16.3. The molecule has 0 fully saturated rings. The van der Waals surface area contributed by atoms with Gasteiger partial charge in [-0.2, -0.15) is 0 Å². The third-order valence-corrected chi connectivity index (χ3v) is 9.24. The van der Waals surface area contributed by atoms with Crippen molar-refractivity contribution in [3.05, 3.63) is 24.3 Å². The fourth-order valence-corrected chi connectivity index (χ4v) is 6.98. The fourth-order valence-electron chi connectivity index (χ4n) is 3.63. The van der Waals surface area contributed by atoms with Crippen molar-refractivity contribution in [2.45, 2.75) is 97.1 Å². The highest BCUT2D eigenvalue weighted by atomic mass is 31.1. The van der Waals surface area contributed by atoms with Crippen molar-refractivity contribution in [2.24, 2.45) is 5.92 Å². The van der Waals surface area contributed by atoms with Crippen molar-refractivity contribution in [3.63, 3.8) is 0 Å². The van der Waals surface area contributed by atoms with Gasteiger partial charge >= 0.3 is 0 Å². The van der Waals surface area contributed by atoms with Crippen LogP contribution in [0.15, 0.2) is 24.3 Å². The molecule has 0 aromatic heterocycles. The van der Waals surface area contributed by atoms with E-state index in [1.54, 1.807) is 0 Å². The quantitative estimate of drug-likeness (QED) is 0.236. The van der Waals surface area contributed by atoms with Crippen LogP contribution in [0.5, 0.6) is 0 Å². The normalized spacial score (nSPS) is 23.8. The molecule has 2 unspecified atom stereocenters. The Morgan fingerprint density at radius 1 is 0.783 bits per heavy atom. The molecule has 0 saturated heterocycles. The van der Waals surface area contributed by atoms with Gasteiger partial charge in [-0.1, -0.05) is 111 Å². The Morgan fingerprint density at radius 3 is 1.78 bits per heavy atom. The van der Waals surface area contributed by atoms with Crippen LogP contribution in [-0.4, -0.2) is 17.5 Å². The Bertz CT molecular complexity index is 330. The Labute approximate surface area is 148 Å². The summed E-state index contributed by atoms with van der Waals surface area (Å²) in [5.74, 6) is 0.713. The molecule has 134 valence electrons. The summed E-state index contributed by atoms with van der Waals surface area (Å²) in [6, 6.07) is 0. The molecule has 1 aliphatic rings. The number of unbranched alkanes of at least 4 members (excludes halogenated alkanes) is 8. The topological polar surface area (TPSA) is 0 Å². The average Bonchev–Trinajstić information content (AvgIpc) is 2.55. The van der Waals surface area contributed by atoms with E-state index in [-0.39, 0.29) is 7.92 Å². The van der Waals surface area contributed by atoms with Crippen LogP contribution in [0, 0.1) is 5.92 Å². The summed E-state index contributed by atoms with van der Waals surface area (Å²) < 4.78 is 0. The summed E-state index contributed by atoms with van der Waals surface area (Å²) in [6.45, 7) is 9.60. The van der Waals surface area contributed by atoms with Gasteiger partial charge in [-0.25, -0.2) is 0 Å². The predicted molar refractivity (Wildman–Crippen MR) is 110 cm³/mol. The molecule has 0 amide bonds. The lowest BCUT2D eigenvalue weighted by atomic mass is 9.91. The van der Waals surface area contributed by atoms with Gasteiger partial charge in [0.05, 0.1) is 0 Å². The summed E-state index contributed by atoms with van der Waals surface area (Å²) in [6.07, 6.45) is 26.8. The van der Waals surface area contributed by atoms with Crippen LogP contribution in [0.1, 0.15) is 91.9 Å². The third-order valence-electron chi connectivity index (χ3n) is 5.61. The minimum atomic E-state index is 0.120. The zero-order valence-corrected chi connectivity index (χ0v) is 17.2. The van der Waals surface area contributed by atoms with Crippen LogP contribution in [0.25, 0.3) is 0 Å². The van der Waals surface area contributed by atoms with E-state index in [1.807, 2.05) is 0 Å². The molecule has 0 radical (unpaired) electrons. The number of allylic oxidation sites excluding steroid dienone is 4. The summed E-state index contributed by atoms with van der Waals surface area (Å²) in [4.78, 5) is 0. The summed E-state index contributed by atoms with van der Waals surface area (Å²) in [5.41, 5.74) is 0. The van der Waals surface area contributed by atoms with Crippen molar-refractivity contribution in [3.8, 4) is 0 Å². The van der Waals surface area contributed by atoms with Crippen molar-refractivity contribution >= 4 is 7.92 Å². The van der Waals surface area contributed by atoms with E-state index >= 15 is 0 Å². The van der Waals surface area contributed by atoms with Crippen LogP contribution in [-0.2, 0) is 0 Å². The molecule has 0 N–H and O–H groups in total. The highest BCUT2D eigenvalue weighted by Crippen LogP contribution is 2.56. The largest absolute Gasteiger partial charge is 0.0961 e. The van der Waals surface area contributed by atoms with E-state index in [0.717, 1.165) is 0 Å². The maximum absolute atomic E-state index is 2.54. The smallest absolute Gasteiger partial charge is 0.0119 e. The lowest BCUT2D eigenvalue weighted by Crippen LogP contribution is -2.31. The molecule has 0 bridgehead atoms. The van der Waals surface area contributed by atoms with Gasteiger partial charge in [0.2, 0.25) is 0 Å². The van der Waals surface area contributed by atoms with Gasteiger partial charge < -0.3 is 0 Å². The molecule has 1 heteroatoms. The Kier molecular flexibility index (Phi) is 11.2. The molecule has 1 aliphatic carbocycles. The van der Waals surface area contributed by atoms with Gasteiger partial charge in [0.15, 0.2) is 0 Å². The highest BCUT2D eigenvalue weighted by Gasteiger charge is 2.35. The summed E-state index contributed by atoms with van der Waals surface area (Å²) >= 11 is 0. The average molecular weight is 337 g/mol. The molecule has 2 atom stereocenters. The molecule has 0 spiro atoms. The third kappa shape index (κ3) is 7.55. The Morgan fingerprint density at radius 2 is 1.30 bits per heavy atom. The maximum atomic E-state index is 2.54. The second kappa shape index (κ2) is 12.3. The first-order valence-electron chi connectivity index (χ1n) is 10.3. The van der Waals surface area contributed by atoms with E-state index < -0.39 is 0 Å². The molecule has 0 aromatic rings. The van der Waals surface area contributed by atoms with Crippen LogP contribution in [0.2, 0.25) is 0 Å². The lowest BCUT2D eigenvalue weighted by molar-refractivity contribution is 0.579. The molecule has 0 saturated carbocycles. The van der Waals surface area contributed by atoms with Gasteiger partial charge in [-0.15, -0.1) is 0 Å². The van der Waals surface area contributed by atoms with E-state index in [2.05, 4.69) is 52.0 Å². The first-order chi connectivity index (χ1) is 11.1. The van der Waals surface area contributed by atoms with Crippen molar-refractivity contribution in [1.29, 1.82) is 0 Å². The van der Waals surface area contributed by atoms with Crippen molar-refractivity contribution < 1.29 is 0 Å². The van der Waals surface area contributed by atoms with Crippen LogP contribution >= 0.6 is 7.92 Å². The highest BCUT2D eigenvalue weighted by molar-refractivity contribution is 7.59. The Balaban J connectivity index is 2.50. The predicted octanol–water partition coefficient (Wildman–Crippen LogP) is 7.93. The summed E-state index contributed by atoms with van der Waals surface area (Å²) in [5, 5.41) is 0.444. The second-order valence-corrected chi connectivity index (χ2v) is 10.5. The van der Waals surface area contributed by atoms with Gasteiger partial charge in [-0.3, -0.25) is 0 Å². The lowest BCUT2D eigenvalue weighted by Gasteiger charge is -2.41. The molecular weight excluding hydrogens is 295 g/mol. The van der Waals surface area contributed by atoms with E-state index in [4.69, 9.17) is 0 Å². The molecule has 0 aromatic carbocycles. The second-order valence-electron chi connectivity index (χ2n) is 7.57. The minimum absolute atomic E-state index is 0.120. The van der Waals surface area contributed by atoms with E-state index in [0.29, 0.717) is 11.1 Å². The van der Waals surface area contributed by atoms with Crippen molar-refractivity contribution in [1.82, 2.24) is 0 Å². The number of rotatable bonds is 13. The molecular formula is C22H41P. The zero-order chi connectivity index (χ0) is 17.0. The molecule has 0 aliphatic heterocycles. The SMILES string of the molecule is CCCCCCCP(CCCCCCC)C1(C)C=CC=CC1C. The maximum Gasteiger partial charge on any atom is 0.0119 e. The van der Waals surface area contributed by atoms with Gasteiger partial charge in [-0.05, 0) is 31.1 Å².